The van der Waals surface area contributed by atoms with Crippen LogP contribution in [0, 0.1) is 0 Å². The second-order valence-corrected chi connectivity index (χ2v) is 4.85. The Morgan fingerprint density at radius 3 is 2.46 bits per heavy atom. The second kappa shape index (κ2) is 3.79. The number of nitrogens with one attached hydrogen (secondary N) is 1. The van der Waals surface area contributed by atoms with Crippen LogP contribution in [0.2, 0.25) is 0 Å². The Morgan fingerprint density at radius 2 is 2.00 bits per heavy atom. The van der Waals surface area contributed by atoms with Gasteiger partial charge in [0, 0.05) is 15.4 Å². The minimum absolute atomic E-state index is 0.0687. The fraction of sp³-hybridized carbons (Fsp3) is 0.333. The third-order valence-corrected chi connectivity index (χ3v) is 3.51. The summed E-state index contributed by atoms with van der Waals surface area (Å²) in [7, 11) is -3.16. The third-order valence-electron chi connectivity index (χ3n) is 1.76. The first-order valence-corrected chi connectivity index (χ1v) is 5.55. The number of anilines is 1. The van der Waals surface area contributed by atoms with Crippen LogP contribution in [0.3, 0.4) is 0 Å². The van der Waals surface area contributed by atoms with Crippen LogP contribution >= 0.6 is 0 Å². The van der Waals surface area contributed by atoms with Crippen molar-refractivity contribution in [1.29, 1.82) is 0 Å². The molecule has 1 aromatic rings. The average molecular weight is 201 g/mol. The Kier molecular flexibility index (Phi) is 2.15. The molecule has 0 fully saturated rings. The Balaban J connectivity index is 2.91. The van der Waals surface area contributed by atoms with Gasteiger partial charge in [-0.1, -0.05) is 6.92 Å². The molecule has 0 atom stereocenters. The second-order valence-electron chi connectivity index (χ2n) is 2.57. The molecule has 0 aliphatic heterocycles. The van der Waals surface area contributed by atoms with Crippen LogP contribution in [-0.2, 0) is 9.84 Å². The van der Waals surface area contributed by atoms with Crippen LogP contribution < -0.4 is 5.32 Å². The van der Waals surface area contributed by atoms with Gasteiger partial charge in [-0.25, -0.2) is 8.42 Å². The van der Waals surface area contributed by atoms with Crippen molar-refractivity contribution in [3.8, 4) is 0 Å². The molecule has 0 saturated carbocycles. The summed E-state index contributed by atoms with van der Waals surface area (Å²) in [6, 6.07) is 6.06. The molecule has 0 unspecified atom stereocenters. The highest BCUT2D eigenvalue weighted by Gasteiger charge is 2.09. The zero-order chi connectivity index (χ0) is 11.5. The lowest BCUT2D eigenvalue weighted by molar-refractivity contribution is 0.597. The SMILES string of the molecule is [2H]C([2H])Nc1ccc(S(=O)(=O)CC)cc1. The molecule has 72 valence electrons. The summed E-state index contributed by atoms with van der Waals surface area (Å²) in [5, 5.41) is 2.54. The highest BCUT2D eigenvalue weighted by molar-refractivity contribution is 7.91. The lowest BCUT2D eigenvalue weighted by atomic mass is 10.3. The minimum atomic E-state index is -3.16. The Bertz CT molecular complexity index is 414. The number of hydrogen-bond acceptors (Lipinski definition) is 3. The number of sulfone groups is 1. The van der Waals surface area contributed by atoms with Gasteiger partial charge in [-0.2, -0.15) is 0 Å². The molecule has 0 aliphatic carbocycles. The Hall–Kier alpha value is -1.03. The van der Waals surface area contributed by atoms with E-state index in [0.29, 0.717) is 5.69 Å². The van der Waals surface area contributed by atoms with E-state index in [9.17, 15) is 8.42 Å². The predicted molar refractivity (Wildman–Crippen MR) is 53.7 cm³/mol. The standard InChI is InChI=1S/C9H13NO2S/c1-3-13(11,12)9-6-4-8(10-2)5-7-9/h4-7,10H,3H2,1-2H3/i2D2. The van der Waals surface area contributed by atoms with Gasteiger partial charge in [-0.3, -0.25) is 0 Å². The molecule has 1 rings (SSSR count). The van der Waals surface area contributed by atoms with Gasteiger partial charge in [0.25, 0.3) is 0 Å². The molecule has 3 nitrogen and oxygen atoms in total. The normalized spacial score (nSPS) is 13.7. The highest BCUT2D eigenvalue weighted by atomic mass is 32.2. The zero-order valence-corrected chi connectivity index (χ0v) is 8.14. The van der Waals surface area contributed by atoms with Crippen LogP contribution in [-0.4, -0.2) is 21.2 Å². The van der Waals surface area contributed by atoms with Crippen molar-refractivity contribution in [2.45, 2.75) is 11.8 Å². The number of benzene rings is 1. The van der Waals surface area contributed by atoms with E-state index in [1.165, 1.54) is 12.1 Å². The van der Waals surface area contributed by atoms with Gasteiger partial charge in [0.15, 0.2) is 9.84 Å². The van der Waals surface area contributed by atoms with E-state index in [-0.39, 0.29) is 10.6 Å². The van der Waals surface area contributed by atoms with Gasteiger partial charge < -0.3 is 5.32 Å². The quantitative estimate of drug-likeness (QED) is 0.806. The first-order chi connectivity index (χ1) is 6.95. The van der Waals surface area contributed by atoms with Crippen molar-refractivity contribution in [3.63, 3.8) is 0 Å². The molecule has 0 heterocycles. The molecule has 0 amide bonds. The van der Waals surface area contributed by atoms with Gasteiger partial charge in [-0.15, -0.1) is 0 Å². The number of hydrogen-bond donors (Lipinski definition) is 1. The van der Waals surface area contributed by atoms with Crippen molar-refractivity contribution in [2.75, 3.05) is 18.1 Å². The van der Waals surface area contributed by atoms with Crippen molar-refractivity contribution in [1.82, 2.24) is 0 Å². The third kappa shape index (κ3) is 2.21. The first-order valence-electron chi connectivity index (χ1n) is 5.05. The summed E-state index contributed by atoms with van der Waals surface area (Å²) in [5.74, 6) is 0.0687. The lowest BCUT2D eigenvalue weighted by Crippen LogP contribution is -2.03. The van der Waals surface area contributed by atoms with Crippen LogP contribution in [0.15, 0.2) is 29.2 Å². The lowest BCUT2D eigenvalue weighted by Gasteiger charge is -2.02. The molecule has 0 spiro atoms. The van der Waals surface area contributed by atoms with Gasteiger partial charge in [-0.05, 0) is 24.3 Å². The average Bonchev–Trinajstić information content (AvgIpc) is 2.18. The maximum atomic E-state index is 11.4. The topological polar surface area (TPSA) is 46.2 Å². The first kappa shape index (κ1) is 7.38. The van der Waals surface area contributed by atoms with E-state index in [1.807, 2.05) is 0 Å². The molecule has 0 aliphatic rings. The molecule has 0 saturated heterocycles. The fourth-order valence-electron chi connectivity index (χ4n) is 0.925. The smallest absolute Gasteiger partial charge is 0.178 e. The summed E-state index contributed by atoms with van der Waals surface area (Å²) >= 11 is 0. The molecule has 0 radical (unpaired) electrons. The van der Waals surface area contributed by atoms with Crippen LogP contribution in [0.4, 0.5) is 5.69 Å². The molecule has 1 aromatic carbocycles. The maximum Gasteiger partial charge on any atom is 0.178 e. The molecular formula is C9H13NO2S. The van der Waals surface area contributed by atoms with Gasteiger partial charge in [0.2, 0.25) is 0 Å². The van der Waals surface area contributed by atoms with E-state index in [1.54, 1.807) is 19.1 Å². The molecule has 0 aromatic heterocycles. The van der Waals surface area contributed by atoms with E-state index in [0.717, 1.165) is 0 Å². The predicted octanol–water partition coefficient (Wildman–Crippen LogP) is 1.52. The summed E-state index contributed by atoms with van der Waals surface area (Å²) < 4.78 is 36.8. The van der Waals surface area contributed by atoms with Gasteiger partial charge in [0.1, 0.15) is 0 Å². The summed E-state index contributed by atoms with van der Waals surface area (Å²) in [4.78, 5) is 0.266. The van der Waals surface area contributed by atoms with E-state index < -0.39 is 16.8 Å². The Labute approximate surface area is 81.5 Å². The van der Waals surface area contributed by atoms with E-state index in [4.69, 9.17) is 2.74 Å². The van der Waals surface area contributed by atoms with Crippen molar-refractivity contribution >= 4 is 15.5 Å². The molecule has 13 heavy (non-hydrogen) atoms. The highest BCUT2D eigenvalue weighted by Crippen LogP contribution is 2.14. The van der Waals surface area contributed by atoms with Crippen molar-refractivity contribution in [2.24, 2.45) is 0 Å². The molecule has 0 bridgehead atoms. The monoisotopic (exact) mass is 201 g/mol. The molecule has 4 heteroatoms. The van der Waals surface area contributed by atoms with E-state index >= 15 is 0 Å². The Morgan fingerprint density at radius 1 is 1.38 bits per heavy atom. The summed E-state index contributed by atoms with van der Waals surface area (Å²) in [5.41, 5.74) is 0.569. The van der Waals surface area contributed by atoms with Gasteiger partial charge in [0.05, 0.1) is 10.6 Å². The van der Waals surface area contributed by atoms with Crippen LogP contribution in [0.25, 0.3) is 0 Å². The summed E-state index contributed by atoms with van der Waals surface area (Å²) in [6.45, 7) is 0.434. The minimum Gasteiger partial charge on any atom is -0.388 e. The maximum absolute atomic E-state index is 11.4. The van der Waals surface area contributed by atoms with Crippen molar-refractivity contribution in [3.05, 3.63) is 24.3 Å². The summed E-state index contributed by atoms with van der Waals surface area (Å²) in [6.07, 6.45) is 0. The van der Waals surface area contributed by atoms with Crippen molar-refractivity contribution < 1.29 is 11.2 Å². The zero-order valence-electron chi connectivity index (χ0n) is 9.32. The van der Waals surface area contributed by atoms with Gasteiger partial charge >= 0.3 is 0 Å². The largest absolute Gasteiger partial charge is 0.388 e. The van der Waals surface area contributed by atoms with Crippen LogP contribution in [0.1, 0.15) is 9.67 Å². The molecular weight excluding hydrogens is 186 g/mol. The van der Waals surface area contributed by atoms with E-state index in [2.05, 4.69) is 5.32 Å². The molecule has 1 N–H and O–H groups in total. The number of rotatable bonds is 3. The fourth-order valence-corrected chi connectivity index (χ4v) is 1.81. The van der Waals surface area contributed by atoms with Crippen LogP contribution in [0.5, 0.6) is 0 Å².